The fourth-order valence-corrected chi connectivity index (χ4v) is 3.67. The van der Waals surface area contributed by atoms with Crippen molar-refractivity contribution in [1.29, 1.82) is 0 Å². The summed E-state index contributed by atoms with van der Waals surface area (Å²) < 4.78 is 6.99. The molecule has 0 saturated heterocycles. The Hall–Kier alpha value is -1.30. The van der Waals surface area contributed by atoms with Crippen molar-refractivity contribution in [3.8, 4) is 5.75 Å². The van der Waals surface area contributed by atoms with Crippen LogP contribution in [-0.2, 0) is 0 Å². The largest absolute Gasteiger partial charge is 0.487 e. The summed E-state index contributed by atoms with van der Waals surface area (Å²) in [6.07, 6.45) is 0.825. The first-order valence-electron chi connectivity index (χ1n) is 8.06. The van der Waals surface area contributed by atoms with Gasteiger partial charge in [-0.2, -0.15) is 0 Å². The van der Waals surface area contributed by atoms with E-state index in [0.717, 1.165) is 27.9 Å². The molecule has 0 fully saturated rings. The van der Waals surface area contributed by atoms with Crippen molar-refractivity contribution in [2.75, 3.05) is 5.32 Å². The van der Waals surface area contributed by atoms with Crippen molar-refractivity contribution in [3.05, 3.63) is 57.0 Å². The number of thiocarbonyl (C=S) groups is 1. The number of anilines is 1. The Bertz CT molecular complexity index is 825. The Kier molecular flexibility index (Phi) is 5.28. The summed E-state index contributed by atoms with van der Waals surface area (Å²) in [6, 6.07) is 12.0. The van der Waals surface area contributed by atoms with E-state index in [1.54, 1.807) is 0 Å². The van der Waals surface area contributed by atoms with Gasteiger partial charge in [-0.1, -0.05) is 23.7 Å². The van der Waals surface area contributed by atoms with Crippen molar-refractivity contribution >= 4 is 50.5 Å². The molecule has 0 amide bonds. The third kappa shape index (κ3) is 4.46. The first kappa shape index (κ1) is 18.5. The van der Waals surface area contributed by atoms with Crippen LogP contribution in [0.1, 0.15) is 37.4 Å². The maximum atomic E-state index is 6.14. The highest BCUT2D eigenvalue weighted by atomic mass is 79.9. The van der Waals surface area contributed by atoms with Crippen LogP contribution in [0.25, 0.3) is 0 Å². The zero-order valence-corrected chi connectivity index (χ0v) is 17.5. The number of benzene rings is 2. The second-order valence-corrected chi connectivity index (χ2v) is 8.56. The molecule has 2 aromatic rings. The first-order chi connectivity index (χ1) is 11.7. The van der Waals surface area contributed by atoms with E-state index >= 15 is 0 Å². The quantitative estimate of drug-likeness (QED) is 0.562. The lowest BCUT2D eigenvalue weighted by atomic mass is 9.89. The number of ether oxygens (including phenoxy) is 1. The zero-order valence-electron chi connectivity index (χ0n) is 14.3. The third-order valence-corrected chi connectivity index (χ3v) is 5.56. The maximum Gasteiger partial charge on any atom is 0.171 e. The summed E-state index contributed by atoms with van der Waals surface area (Å²) in [7, 11) is 0. The van der Waals surface area contributed by atoms with E-state index < -0.39 is 0 Å². The number of hydrogen-bond acceptors (Lipinski definition) is 2. The first-order valence-corrected chi connectivity index (χ1v) is 9.63. The molecule has 2 N–H and O–H groups in total. The maximum absolute atomic E-state index is 6.14. The molecule has 0 radical (unpaired) electrons. The van der Waals surface area contributed by atoms with Crippen LogP contribution in [-0.4, -0.2) is 10.7 Å². The highest BCUT2D eigenvalue weighted by molar-refractivity contribution is 9.10. The van der Waals surface area contributed by atoms with Crippen LogP contribution < -0.4 is 15.4 Å². The predicted molar refractivity (Wildman–Crippen MR) is 112 cm³/mol. The van der Waals surface area contributed by atoms with Crippen LogP contribution in [0.5, 0.6) is 5.75 Å². The lowest BCUT2D eigenvalue weighted by Crippen LogP contribution is -2.42. The summed E-state index contributed by atoms with van der Waals surface area (Å²) in [5.74, 6) is 0.920. The molecule has 0 bridgehead atoms. The van der Waals surface area contributed by atoms with Crippen LogP contribution in [0.15, 0.2) is 40.9 Å². The minimum atomic E-state index is -0.255. The molecule has 3 rings (SSSR count). The lowest BCUT2D eigenvalue weighted by molar-refractivity contribution is 0.0696. The van der Waals surface area contributed by atoms with Gasteiger partial charge in [0.25, 0.3) is 0 Å². The Morgan fingerprint density at radius 1 is 1.28 bits per heavy atom. The summed E-state index contributed by atoms with van der Waals surface area (Å²) in [4.78, 5) is 0. The lowest BCUT2D eigenvalue weighted by Gasteiger charge is -2.38. The molecule has 0 saturated carbocycles. The summed E-state index contributed by atoms with van der Waals surface area (Å²) in [5.41, 5.74) is 2.90. The van der Waals surface area contributed by atoms with Gasteiger partial charge in [0.2, 0.25) is 0 Å². The van der Waals surface area contributed by atoms with Gasteiger partial charge in [0.05, 0.1) is 11.1 Å². The molecule has 132 valence electrons. The number of nitrogens with one attached hydrogen (secondary N) is 2. The van der Waals surface area contributed by atoms with E-state index in [2.05, 4.69) is 65.5 Å². The number of fused-ring (bicyclic) bond motifs is 1. The van der Waals surface area contributed by atoms with Crippen molar-refractivity contribution in [1.82, 2.24) is 5.32 Å². The van der Waals surface area contributed by atoms with Crippen LogP contribution in [0, 0.1) is 6.92 Å². The SMILES string of the molecule is Cc1ccc2c(c1)OC(C)(C)CC2NC(=S)Nc1ccc(Br)c(Cl)c1. The number of hydrogen-bond donors (Lipinski definition) is 2. The molecule has 1 heterocycles. The molecule has 0 aromatic heterocycles. The van der Waals surface area contributed by atoms with Gasteiger partial charge >= 0.3 is 0 Å². The van der Waals surface area contributed by atoms with Crippen LogP contribution >= 0.6 is 39.7 Å². The van der Waals surface area contributed by atoms with Gasteiger partial charge in [0.1, 0.15) is 11.4 Å². The van der Waals surface area contributed by atoms with E-state index in [4.69, 9.17) is 28.6 Å². The summed E-state index contributed by atoms with van der Waals surface area (Å²) in [5, 5.41) is 7.82. The van der Waals surface area contributed by atoms with E-state index in [0.29, 0.717) is 10.1 Å². The van der Waals surface area contributed by atoms with Crippen molar-refractivity contribution in [2.24, 2.45) is 0 Å². The van der Waals surface area contributed by atoms with Gasteiger partial charge in [-0.25, -0.2) is 0 Å². The second-order valence-electron chi connectivity index (χ2n) is 6.89. The number of aryl methyl sites for hydroxylation is 1. The van der Waals surface area contributed by atoms with Crippen molar-refractivity contribution in [2.45, 2.75) is 38.8 Å². The standard InChI is InChI=1S/C19H20BrClN2OS/c1-11-4-6-13-16(10-19(2,3)24-17(13)8-11)23-18(25)22-12-5-7-14(20)15(21)9-12/h4-9,16H,10H2,1-3H3,(H2,22,23,25). The third-order valence-electron chi connectivity index (χ3n) is 4.11. The Labute approximate surface area is 167 Å². The molecule has 0 aliphatic carbocycles. The number of halogens is 2. The Balaban J connectivity index is 1.77. The minimum absolute atomic E-state index is 0.0882. The van der Waals surface area contributed by atoms with Crippen LogP contribution in [0.4, 0.5) is 5.69 Å². The van der Waals surface area contributed by atoms with E-state index in [-0.39, 0.29) is 11.6 Å². The van der Waals surface area contributed by atoms with E-state index in [1.807, 2.05) is 18.2 Å². The minimum Gasteiger partial charge on any atom is -0.487 e. The Morgan fingerprint density at radius 2 is 2.04 bits per heavy atom. The van der Waals surface area contributed by atoms with Crippen molar-refractivity contribution in [3.63, 3.8) is 0 Å². The molecule has 2 aromatic carbocycles. The molecule has 3 nitrogen and oxygen atoms in total. The highest BCUT2D eigenvalue weighted by Crippen LogP contribution is 2.40. The molecule has 1 aliphatic rings. The second kappa shape index (κ2) is 7.14. The fourth-order valence-electron chi connectivity index (χ4n) is 2.99. The fraction of sp³-hybridized carbons (Fsp3) is 0.316. The zero-order chi connectivity index (χ0) is 18.2. The Morgan fingerprint density at radius 3 is 2.76 bits per heavy atom. The smallest absolute Gasteiger partial charge is 0.171 e. The predicted octanol–water partition coefficient (Wildman–Crippen LogP) is 6.00. The van der Waals surface area contributed by atoms with E-state index in [1.165, 1.54) is 5.56 Å². The molecule has 1 aliphatic heterocycles. The van der Waals surface area contributed by atoms with Gasteiger partial charge in [0.15, 0.2) is 5.11 Å². The summed E-state index contributed by atoms with van der Waals surface area (Å²) >= 11 is 15.0. The topological polar surface area (TPSA) is 33.3 Å². The van der Waals surface area contributed by atoms with Crippen LogP contribution in [0.2, 0.25) is 5.02 Å². The monoisotopic (exact) mass is 438 g/mol. The van der Waals surface area contributed by atoms with Gasteiger partial charge in [0, 0.05) is 22.1 Å². The normalized spacial score (nSPS) is 18.0. The molecule has 25 heavy (non-hydrogen) atoms. The van der Waals surface area contributed by atoms with Gasteiger partial charge in [-0.15, -0.1) is 0 Å². The number of rotatable bonds is 2. The van der Waals surface area contributed by atoms with Gasteiger partial charge < -0.3 is 15.4 Å². The molecule has 1 atom stereocenters. The van der Waals surface area contributed by atoms with E-state index in [9.17, 15) is 0 Å². The molecular weight excluding hydrogens is 420 g/mol. The van der Waals surface area contributed by atoms with Crippen LogP contribution in [0.3, 0.4) is 0 Å². The van der Waals surface area contributed by atoms with Gasteiger partial charge in [-0.05, 0) is 78.7 Å². The molecule has 6 heteroatoms. The molecular formula is C19H20BrClN2OS. The molecule has 0 spiro atoms. The average molecular weight is 440 g/mol. The highest BCUT2D eigenvalue weighted by Gasteiger charge is 2.34. The summed E-state index contributed by atoms with van der Waals surface area (Å²) in [6.45, 7) is 6.26. The van der Waals surface area contributed by atoms with Gasteiger partial charge in [-0.3, -0.25) is 0 Å². The average Bonchev–Trinajstić information content (AvgIpc) is 2.49. The molecule has 1 unspecified atom stereocenters. The van der Waals surface area contributed by atoms with Crippen molar-refractivity contribution < 1.29 is 4.74 Å².